The first-order valence-corrected chi connectivity index (χ1v) is 7.57. The third-order valence-corrected chi connectivity index (χ3v) is 3.72. The van der Waals surface area contributed by atoms with Gasteiger partial charge in [0.1, 0.15) is 11.4 Å². The van der Waals surface area contributed by atoms with Crippen molar-refractivity contribution in [2.75, 3.05) is 0 Å². The molecule has 3 rings (SSSR count). The molecule has 3 aromatic rings. The Hall–Kier alpha value is -2.42. The van der Waals surface area contributed by atoms with Crippen LogP contribution in [0.15, 0.2) is 42.5 Å². The minimum atomic E-state index is 0.247. The van der Waals surface area contributed by atoms with E-state index in [1.54, 1.807) is 0 Å². The van der Waals surface area contributed by atoms with Crippen LogP contribution in [-0.2, 0) is 0 Å². The van der Waals surface area contributed by atoms with Gasteiger partial charge in [0, 0.05) is 5.92 Å². The largest absolute Gasteiger partial charge is 0.437 e. The Bertz CT molecular complexity index is 805. The fraction of sp³-hybridized carbons (Fsp3) is 0.263. The molecule has 0 amide bonds. The van der Waals surface area contributed by atoms with Gasteiger partial charge in [0.15, 0.2) is 0 Å². The zero-order valence-corrected chi connectivity index (χ0v) is 13.4. The van der Waals surface area contributed by atoms with Crippen LogP contribution in [0, 0.1) is 13.8 Å². The molecule has 22 heavy (non-hydrogen) atoms. The normalized spacial score (nSPS) is 11.1. The van der Waals surface area contributed by atoms with Crippen LogP contribution in [0.4, 0.5) is 0 Å². The lowest BCUT2D eigenvalue weighted by atomic mass is 10.1. The summed E-state index contributed by atoms with van der Waals surface area (Å²) in [5.41, 5.74) is 4.85. The van der Waals surface area contributed by atoms with Crippen LogP contribution in [0.5, 0.6) is 11.6 Å². The van der Waals surface area contributed by atoms with Crippen molar-refractivity contribution >= 4 is 11.0 Å². The quantitative estimate of drug-likeness (QED) is 0.668. The van der Waals surface area contributed by atoms with Crippen LogP contribution >= 0.6 is 0 Å². The fourth-order valence-corrected chi connectivity index (χ4v) is 2.51. The number of ether oxygens (including phenoxy) is 1. The number of nitrogens with zero attached hydrogens (tertiary/aromatic N) is 2. The summed E-state index contributed by atoms with van der Waals surface area (Å²) in [6.07, 6.45) is 0. The Morgan fingerprint density at radius 3 is 2.00 bits per heavy atom. The van der Waals surface area contributed by atoms with E-state index in [1.165, 1.54) is 0 Å². The van der Waals surface area contributed by atoms with Crippen molar-refractivity contribution in [1.29, 1.82) is 0 Å². The van der Waals surface area contributed by atoms with Crippen molar-refractivity contribution in [3.05, 3.63) is 59.3 Å². The van der Waals surface area contributed by atoms with E-state index in [-0.39, 0.29) is 5.92 Å². The third-order valence-electron chi connectivity index (χ3n) is 3.72. The molecular weight excluding hydrogens is 272 g/mol. The molecular formula is C19H20N2O. The summed E-state index contributed by atoms with van der Waals surface area (Å²) >= 11 is 0. The second-order valence-electron chi connectivity index (χ2n) is 5.88. The second-order valence-corrected chi connectivity index (χ2v) is 5.88. The molecule has 0 saturated heterocycles. The third kappa shape index (κ3) is 2.67. The van der Waals surface area contributed by atoms with Gasteiger partial charge in [-0.15, -0.1) is 0 Å². The van der Waals surface area contributed by atoms with Gasteiger partial charge in [-0.05, 0) is 37.1 Å². The van der Waals surface area contributed by atoms with E-state index >= 15 is 0 Å². The number of rotatable bonds is 3. The standard InChI is InChI=1S/C19H20N2O/c1-12(2)17-19(21-16-11-6-5-10-15(16)20-17)22-18-13(3)8-7-9-14(18)4/h5-12H,1-4H3. The van der Waals surface area contributed by atoms with Gasteiger partial charge in [0.05, 0.1) is 11.0 Å². The Morgan fingerprint density at radius 1 is 0.818 bits per heavy atom. The summed E-state index contributed by atoms with van der Waals surface area (Å²) in [6, 6.07) is 14.0. The van der Waals surface area contributed by atoms with Crippen molar-refractivity contribution in [2.45, 2.75) is 33.6 Å². The van der Waals surface area contributed by atoms with Crippen molar-refractivity contribution < 1.29 is 4.74 Å². The van der Waals surface area contributed by atoms with Gasteiger partial charge in [0.2, 0.25) is 5.88 Å². The SMILES string of the molecule is Cc1cccc(C)c1Oc1nc2ccccc2nc1C(C)C. The van der Waals surface area contributed by atoms with Gasteiger partial charge < -0.3 is 4.74 Å². The van der Waals surface area contributed by atoms with Crippen LogP contribution in [0.3, 0.4) is 0 Å². The number of benzene rings is 2. The molecule has 0 fully saturated rings. The van der Waals surface area contributed by atoms with Gasteiger partial charge in [0.25, 0.3) is 0 Å². The predicted octanol–water partition coefficient (Wildman–Crippen LogP) is 5.16. The summed E-state index contributed by atoms with van der Waals surface area (Å²) < 4.78 is 6.17. The second kappa shape index (κ2) is 5.76. The van der Waals surface area contributed by atoms with Crippen molar-refractivity contribution in [3.8, 4) is 11.6 Å². The first-order chi connectivity index (χ1) is 10.6. The number of para-hydroxylation sites is 3. The molecule has 0 radical (unpaired) electrons. The zero-order valence-electron chi connectivity index (χ0n) is 13.4. The van der Waals surface area contributed by atoms with Crippen LogP contribution in [0.1, 0.15) is 36.6 Å². The molecule has 0 aliphatic carbocycles. The van der Waals surface area contributed by atoms with Crippen molar-refractivity contribution in [3.63, 3.8) is 0 Å². The van der Waals surface area contributed by atoms with Crippen LogP contribution in [0.2, 0.25) is 0 Å². The Labute approximate surface area is 131 Å². The van der Waals surface area contributed by atoms with Crippen molar-refractivity contribution in [2.24, 2.45) is 0 Å². The van der Waals surface area contributed by atoms with E-state index in [0.717, 1.165) is 33.6 Å². The average Bonchev–Trinajstić information content (AvgIpc) is 2.50. The highest BCUT2D eigenvalue weighted by Crippen LogP contribution is 2.32. The molecule has 3 heteroatoms. The lowest BCUT2D eigenvalue weighted by Gasteiger charge is -2.15. The first-order valence-electron chi connectivity index (χ1n) is 7.57. The molecule has 0 saturated carbocycles. The van der Waals surface area contributed by atoms with Gasteiger partial charge in [-0.2, -0.15) is 0 Å². The molecule has 1 aromatic heterocycles. The number of aromatic nitrogens is 2. The molecule has 0 unspecified atom stereocenters. The Balaban J connectivity index is 2.14. The van der Waals surface area contributed by atoms with Gasteiger partial charge in [-0.25, -0.2) is 9.97 Å². The number of fused-ring (bicyclic) bond motifs is 1. The highest BCUT2D eigenvalue weighted by Gasteiger charge is 2.16. The molecule has 0 N–H and O–H groups in total. The molecule has 0 bridgehead atoms. The van der Waals surface area contributed by atoms with Crippen LogP contribution < -0.4 is 4.74 Å². The summed E-state index contributed by atoms with van der Waals surface area (Å²) in [6.45, 7) is 8.31. The van der Waals surface area contributed by atoms with E-state index in [4.69, 9.17) is 9.72 Å². The van der Waals surface area contributed by atoms with E-state index in [0.29, 0.717) is 5.88 Å². The zero-order chi connectivity index (χ0) is 15.7. The molecule has 0 aliphatic heterocycles. The first kappa shape index (κ1) is 14.5. The highest BCUT2D eigenvalue weighted by atomic mass is 16.5. The van der Waals surface area contributed by atoms with Crippen LogP contribution in [0.25, 0.3) is 11.0 Å². The number of aryl methyl sites for hydroxylation is 2. The maximum absolute atomic E-state index is 6.17. The lowest BCUT2D eigenvalue weighted by Crippen LogP contribution is -2.02. The lowest BCUT2D eigenvalue weighted by molar-refractivity contribution is 0.444. The average molecular weight is 292 g/mol. The maximum atomic E-state index is 6.17. The minimum absolute atomic E-state index is 0.247. The molecule has 2 aromatic carbocycles. The van der Waals surface area contributed by atoms with E-state index in [1.807, 2.05) is 56.3 Å². The summed E-state index contributed by atoms with van der Waals surface area (Å²) in [4.78, 5) is 9.43. The summed E-state index contributed by atoms with van der Waals surface area (Å²) in [7, 11) is 0. The van der Waals surface area contributed by atoms with Crippen molar-refractivity contribution in [1.82, 2.24) is 9.97 Å². The molecule has 0 spiro atoms. The molecule has 1 heterocycles. The molecule has 112 valence electrons. The number of hydrogen-bond acceptors (Lipinski definition) is 3. The highest BCUT2D eigenvalue weighted by molar-refractivity contribution is 5.75. The van der Waals surface area contributed by atoms with Gasteiger partial charge in [-0.1, -0.05) is 44.2 Å². The molecule has 0 aliphatic rings. The number of hydrogen-bond donors (Lipinski definition) is 0. The monoisotopic (exact) mass is 292 g/mol. The molecule has 3 nitrogen and oxygen atoms in total. The van der Waals surface area contributed by atoms with E-state index in [2.05, 4.69) is 18.8 Å². The van der Waals surface area contributed by atoms with Gasteiger partial charge >= 0.3 is 0 Å². The predicted molar refractivity (Wildman–Crippen MR) is 89.6 cm³/mol. The van der Waals surface area contributed by atoms with Gasteiger partial charge in [-0.3, -0.25) is 0 Å². The Morgan fingerprint density at radius 2 is 1.41 bits per heavy atom. The fourth-order valence-electron chi connectivity index (χ4n) is 2.51. The smallest absolute Gasteiger partial charge is 0.242 e. The molecule has 0 atom stereocenters. The van der Waals surface area contributed by atoms with E-state index in [9.17, 15) is 0 Å². The maximum Gasteiger partial charge on any atom is 0.242 e. The van der Waals surface area contributed by atoms with Crippen LogP contribution in [-0.4, -0.2) is 9.97 Å². The Kier molecular flexibility index (Phi) is 3.80. The van der Waals surface area contributed by atoms with E-state index < -0.39 is 0 Å². The summed E-state index contributed by atoms with van der Waals surface area (Å²) in [5, 5.41) is 0. The minimum Gasteiger partial charge on any atom is -0.437 e. The topological polar surface area (TPSA) is 35.0 Å². The summed E-state index contributed by atoms with van der Waals surface area (Å²) in [5.74, 6) is 1.72.